The lowest BCUT2D eigenvalue weighted by Crippen LogP contribution is -2.63. The molecule has 2 aliphatic heterocycles. The van der Waals surface area contributed by atoms with E-state index in [1.165, 1.54) is 7.11 Å². The first-order chi connectivity index (χ1) is 8.99. The summed E-state index contributed by atoms with van der Waals surface area (Å²) in [5.41, 5.74) is 0. The summed E-state index contributed by atoms with van der Waals surface area (Å²) < 4.78 is 20.8. The number of hydrogen-bond donors (Lipinski definition) is 2. The van der Waals surface area contributed by atoms with Gasteiger partial charge in [0.05, 0.1) is 6.54 Å². The minimum Gasteiger partial charge on any atom is -0.465 e. The second-order valence-corrected chi connectivity index (χ2v) is 7.00. The molecular weight excluding hydrogens is 273 g/mol. The van der Waals surface area contributed by atoms with Crippen molar-refractivity contribution >= 4 is 19.7 Å². The summed E-state index contributed by atoms with van der Waals surface area (Å²) in [6.45, 7) is 1.35. The number of carbonyl (C=O) groups is 2. The molecule has 2 heterocycles. The molecule has 2 saturated heterocycles. The zero-order valence-corrected chi connectivity index (χ0v) is 11.6. The fraction of sp³-hybridized carbons (Fsp3) is 0.800. The van der Waals surface area contributed by atoms with Crippen molar-refractivity contribution in [1.82, 2.24) is 14.7 Å². The van der Waals surface area contributed by atoms with Crippen LogP contribution >= 0.6 is 7.67 Å². The highest BCUT2D eigenvalue weighted by Crippen LogP contribution is 2.57. The smallest absolute Gasteiger partial charge is 0.405 e. The Hall–Kier alpha value is -1.11. The van der Waals surface area contributed by atoms with Gasteiger partial charge in [0, 0.05) is 20.2 Å². The number of hydrogen-bond acceptors (Lipinski definition) is 4. The molecule has 2 fully saturated rings. The van der Waals surface area contributed by atoms with E-state index in [1.807, 2.05) is 0 Å². The average molecular weight is 291 g/mol. The van der Waals surface area contributed by atoms with Crippen molar-refractivity contribution in [3.8, 4) is 0 Å². The van der Waals surface area contributed by atoms with Crippen molar-refractivity contribution in [2.75, 3.05) is 26.7 Å². The van der Waals surface area contributed by atoms with Gasteiger partial charge in [-0.15, -0.1) is 0 Å². The van der Waals surface area contributed by atoms with Crippen LogP contribution in [0.4, 0.5) is 4.79 Å². The average Bonchev–Trinajstić information content (AvgIpc) is 2.42. The molecule has 0 aromatic rings. The number of rotatable bonds is 4. The van der Waals surface area contributed by atoms with Crippen LogP contribution in [-0.4, -0.2) is 59.2 Å². The molecule has 2 N–H and O–H groups in total. The number of carbonyl (C=O) groups excluding carboxylic acids is 1. The van der Waals surface area contributed by atoms with Crippen LogP contribution < -0.4 is 5.32 Å². The number of nitrogens with one attached hydrogen (secondary N) is 1. The predicted molar refractivity (Wildman–Crippen MR) is 66.7 cm³/mol. The molecule has 1 unspecified atom stereocenters. The third-order valence-corrected chi connectivity index (χ3v) is 6.00. The zero-order chi connectivity index (χ0) is 14.0. The van der Waals surface area contributed by atoms with Gasteiger partial charge in [0.2, 0.25) is 0 Å². The van der Waals surface area contributed by atoms with Crippen molar-refractivity contribution in [3.05, 3.63) is 0 Å². The summed E-state index contributed by atoms with van der Waals surface area (Å²) in [4.78, 5) is 22.3. The molecular formula is C10H18N3O5P. The topological polar surface area (TPSA) is 99.2 Å². The Bertz CT molecular complexity index is 423. The Morgan fingerprint density at radius 1 is 1.42 bits per heavy atom. The molecule has 0 aliphatic carbocycles. The van der Waals surface area contributed by atoms with E-state index >= 15 is 0 Å². The normalized spacial score (nSPS) is 27.5. The predicted octanol–water partition coefficient (Wildman–Crippen LogP) is 0.705. The lowest BCUT2D eigenvalue weighted by molar-refractivity contribution is -0.137. The van der Waals surface area contributed by atoms with Crippen LogP contribution in [0.3, 0.4) is 0 Å². The highest BCUT2D eigenvalue weighted by molar-refractivity contribution is 7.54. The van der Waals surface area contributed by atoms with Gasteiger partial charge in [-0.2, -0.15) is 0 Å². The maximum atomic E-state index is 12.8. The van der Waals surface area contributed by atoms with Crippen LogP contribution in [0, 0.1) is 0 Å². The number of nitrogens with zero attached hydrogens (tertiary/aromatic N) is 2. The van der Waals surface area contributed by atoms with Crippen molar-refractivity contribution in [3.63, 3.8) is 0 Å². The van der Waals surface area contributed by atoms with Gasteiger partial charge in [0.25, 0.3) is 5.91 Å². The summed E-state index contributed by atoms with van der Waals surface area (Å²) in [5.74, 6) is -0.488. The molecule has 0 aromatic carbocycles. The highest BCUT2D eigenvalue weighted by Gasteiger charge is 2.51. The first-order valence-electron chi connectivity index (χ1n) is 6.21. The van der Waals surface area contributed by atoms with Gasteiger partial charge in [-0.3, -0.25) is 9.46 Å². The molecule has 9 heteroatoms. The van der Waals surface area contributed by atoms with Crippen molar-refractivity contribution in [2.24, 2.45) is 0 Å². The Kier molecular flexibility index (Phi) is 4.13. The van der Waals surface area contributed by atoms with Gasteiger partial charge in [0.15, 0.2) is 0 Å². The van der Waals surface area contributed by atoms with Crippen LogP contribution in [0.25, 0.3) is 0 Å². The number of β-lactam (4-membered cyclic amide) rings is 1. The summed E-state index contributed by atoms with van der Waals surface area (Å²) in [6.07, 6.45) is 1.67. The first kappa shape index (κ1) is 14.3. The Morgan fingerprint density at radius 2 is 2.05 bits per heavy atom. The van der Waals surface area contributed by atoms with Gasteiger partial charge >= 0.3 is 13.8 Å². The Labute approximate surface area is 111 Å². The number of carboxylic acid groups (broad SMARTS) is 1. The first-order valence-corrected chi connectivity index (χ1v) is 7.74. The minimum atomic E-state index is -3.33. The van der Waals surface area contributed by atoms with Crippen LogP contribution in [0.15, 0.2) is 0 Å². The van der Waals surface area contributed by atoms with Crippen molar-refractivity contribution in [1.29, 1.82) is 0 Å². The van der Waals surface area contributed by atoms with Crippen LogP contribution in [-0.2, 0) is 13.9 Å². The summed E-state index contributed by atoms with van der Waals surface area (Å²) in [5, 5.41) is 10.7. The van der Waals surface area contributed by atoms with Crippen LogP contribution in [0.2, 0.25) is 0 Å². The Morgan fingerprint density at radius 3 is 2.53 bits per heavy atom. The molecule has 2 amide bonds. The number of amides is 2. The third-order valence-electron chi connectivity index (χ3n) is 3.44. The second-order valence-electron chi connectivity index (χ2n) is 4.61. The molecule has 0 spiro atoms. The SMILES string of the molecule is COP(=O)(N1CCCCC1)N1C[C@H](NC(=O)O)C1=O. The summed E-state index contributed by atoms with van der Waals surface area (Å²) >= 11 is 0. The Balaban J connectivity index is 2.04. The molecule has 2 atom stereocenters. The maximum Gasteiger partial charge on any atom is 0.405 e. The maximum absolute atomic E-state index is 12.8. The molecule has 2 aliphatic rings. The lowest BCUT2D eigenvalue weighted by atomic mass is 10.2. The zero-order valence-electron chi connectivity index (χ0n) is 10.7. The van der Waals surface area contributed by atoms with Gasteiger partial charge in [-0.05, 0) is 12.8 Å². The molecule has 0 aromatic heterocycles. The summed E-state index contributed by atoms with van der Waals surface area (Å²) in [7, 11) is -2.01. The molecule has 0 radical (unpaired) electrons. The largest absolute Gasteiger partial charge is 0.465 e. The minimum absolute atomic E-state index is 0.0900. The lowest BCUT2D eigenvalue weighted by Gasteiger charge is -2.45. The van der Waals surface area contributed by atoms with Gasteiger partial charge in [0.1, 0.15) is 6.04 Å². The van der Waals surface area contributed by atoms with Gasteiger partial charge < -0.3 is 14.9 Å². The van der Waals surface area contributed by atoms with E-state index < -0.39 is 25.7 Å². The van der Waals surface area contributed by atoms with E-state index in [1.54, 1.807) is 4.67 Å². The van der Waals surface area contributed by atoms with E-state index in [9.17, 15) is 14.2 Å². The molecule has 2 rings (SSSR count). The van der Waals surface area contributed by atoms with Crippen LogP contribution in [0.5, 0.6) is 0 Å². The molecule has 0 saturated carbocycles. The van der Waals surface area contributed by atoms with Crippen molar-refractivity contribution in [2.45, 2.75) is 25.3 Å². The van der Waals surface area contributed by atoms with Gasteiger partial charge in [-0.25, -0.2) is 14.0 Å². The molecule has 8 nitrogen and oxygen atoms in total. The second kappa shape index (κ2) is 5.48. The quantitative estimate of drug-likeness (QED) is 0.584. The summed E-state index contributed by atoms with van der Waals surface area (Å²) in [6, 6.07) is -0.814. The van der Waals surface area contributed by atoms with E-state index in [0.29, 0.717) is 13.1 Å². The highest BCUT2D eigenvalue weighted by atomic mass is 31.2. The fourth-order valence-electron chi connectivity index (χ4n) is 2.39. The van der Waals surface area contributed by atoms with E-state index in [4.69, 9.17) is 9.63 Å². The fourth-order valence-corrected chi connectivity index (χ4v) is 4.67. The van der Waals surface area contributed by atoms with Crippen LogP contribution in [0.1, 0.15) is 19.3 Å². The third kappa shape index (κ3) is 2.61. The van der Waals surface area contributed by atoms with E-state index in [0.717, 1.165) is 23.9 Å². The molecule has 19 heavy (non-hydrogen) atoms. The van der Waals surface area contributed by atoms with Gasteiger partial charge in [-0.1, -0.05) is 6.42 Å². The standard InChI is InChI=1S/C10H18N3O5P/c1-18-19(17,12-5-3-2-4-6-12)13-7-8(9(13)14)11-10(15)16/h8,11H,2-7H2,1H3,(H,15,16)/t8-,19?/m0/s1. The van der Waals surface area contributed by atoms with E-state index in [2.05, 4.69) is 5.32 Å². The number of piperidine rings is 1. The van der Waals surface area contributed by atoms with E-state index in [-0.39, 0.29) is 6.54 Å². The van der Waals surface area contributed by atoms with Crippen molar-refractivity contribution < 1.29 is 23.8 Å². The molecule has 0 bridgehead atoms. The monoisotopic (exact) mass is 291 g/mol. The molecule has 108 valence electrons.